The SMILES string of the molecule is CC(=O)CNC(=O)C1(NC(=O)[C@@H](N)C(C)C)CCN(C)CC1. The Hall–Kier alpha value is -1.47. The third-order valence-corrected chi connectivity index (χ3v) is 4.16. The van der Waals surface area contributed by atoms with Crippen LogP contribution in [0.5, 0.6) is 0 Å². The van der Waals surface area contributed by atoms with Gasteiger partial charge >= 0.3 is 0 Å². The van der Waals surface area contributed by atoms with Crippen LogP contribution in [-0.2, 0) is 14.4 Å². The highest BCUT2D eigenvalue weighted by atomic mass is 16.2. The smallest absolute Gasteiger partial charge is 0.246 e. The minimum absolute atomic E-state index is 0.0106. The van der Waals surface area contributed by atoms with Crippen molar-refractivity contribution in [2.45, 2.75) is 45.2 Å². The van der Waals surface area contributed by atoms with E-state index < -0.39 is 11.6 Å². The van der Waals surface area contributed by atoms with Gasteiger partial charge in [-0.25, -0.2) is 0 Å². The lowest BCUT2D eigenvalue weighted by atomic mass is 9.85. The molecule has 0 spiro atoms. The number of rotatable bonds is 6. The number of piperidine rings is 1. The monoisotopic (exact) mass is 312 g/mol. The summed E-state index contributed by atoms with van der Waals surface area (Å²) in [7, 11) is 1.97. The van der Waals surface area contributed by atoms with Crippen molar-refractivity contribution in [3.63, 3.8) is 0 Å². The molecule has 0 radical (unpaired) electrons. The van der Waals surface area contributed by atoms with Crippen molar-refractivity contribution < 1.29 is 14.4 Å². The molecule has 1 aliphatic rings. The number of carbonyl (C=O) groups excluding carboxylic acids is 3. The molecule has 0 aromatic carbocycles. The van der Waals surface area contributed by atoms with Gasteiger partial charge < -0.3 is 21.3 Å². The third kappa shape index (κ3) is 4.78. The number of amides is 2. The van der Waals surface area contributed by atoms with Crippen LogP contribution in [0.4, 0.5) is 0 Å². The van der Waals surface area contributed by atoms with Gasteiger partial charge in [-0.3, -0.25) is 14.4 Å². The van der Waals surface area contributed by atoms with E-state index in [2.05, 4.69) is 15.5 Å². The minimum atomic E-state index is -0.981. The summed E-state index contributed by atoms with van der Waals surface area (Å²) < 4.78 is 0. The molecule has 1 atom stereocenters. The van der Waals surface area contributed by atoms with Crippen LogP contribution in [0, 0.1) is 5.92 Å². The molecule has 0 aromatic rings. The molecule has 1 aliphatic heterocycles. The quantitative estimate of drug-likeness (QED) is 0.599. The van der Waals surface area contributed by atoms with E-state index in [-0.39, 0.29) is 30.1 Å². The lowest BCUT2D eigenvalue weighted by Crippen LogP contribution is -2.65. The van der Waals surface area contributed by atoms with Crippen molar-refractivity contribution in [1.82, 2.24) is 15.5 Å². The van der Waals surface area contributed by atoms with E-state index >= 15 is 0 Å². The second kappa shape index (κ2) is 7.69. The van der Waals surface area contributed by atoms with E-state index in [9.17, 15) is 14.4 Å². The van der Waals surface area contributed by atoms with Crippen molar-refractivity contribution >= 4 is 17.6 Å². The molecule has 4 N–H and O–H groups in total. The normalized spacial score (nSPS) is 19.5. The molecule has 0 saturated carbocycles. The summed E-state index contributed by atoms with van der Waals surface area (Å²) in [6.45, 7) is 6.51. The summed E-state index contributed by atoms with van der Waals surface area (Å²) in [4.78, 5) is 38.0. The zero-order chi connectivity index (χ0) is 16.9. The van der Waals surface area contributed by atoms with E-state index in [0.717, 1.165) is 0 Å². The van der Waals surface area contributed by atoms with Gasteiger partial charge in [-0.2, -0.15) is 0 Å². The number of nitrogens with zero attached hydrogens (tertiary/aromatic N) is 1. The Morgan fingerprint density at radius 3 is 2.23 bits per heavy atom. The first-order chi connectivity index (χ1) is 10.2. The highest BCUT2D eigenvalue weighted by molar-refractivity contribution is 5.95. The fourth-order valence-electron chi connectivity index (χ4n) is 2.40. The Labute approximate surface area is 132 Å². The van der Waals surface area contributed by atoms with Crippen molar-refractivity contribution in [3.8, 4) is 0 Å². The largest absolute Gasteiger partial charge is 0.347 e. The van der Waals surface area contributed by atoms with Crippen molar-refractivity contribution in [3.05, 3.63) is 0 Å². The minimum Gasteiger partial charge on any atom is -0.347 e. The molecule has 1 rings (SSSR count). The van der Waals surface area contributed by atoms with E-state index in [1.165, 1.54) is 6.92 Å². The van der Waals surface area contributed by atoms with Crippen LogP contribution in [0.2, 0.25) is 0 Å². The molecule has 7 nitrogen and oxygen atoms in total. The first-order valence-electron chi connectivity index (χ1n) is 7.72. The number of ketones is 1. The van der Waals surface area contributed by atoms with E-state index in [4.69, 9.17) is 5.73 Å². The Morgan fingerprint density at radius 2 is 1.77 bits per heavy atom. The van der Waals surface area contributed by atoms with Gasteiger partial charge in [-0.15, -0.1) is 0 Å². The third-order valence-electron chi connectivity index (χ3n) is 4.16. The Kier molecular flexibility index (Phi) is 6.49. The number of hydrogen-bond acceptors (Lipinski definition) is 5. The molecule has 1 fully saturated rings. The van der Waals surface area contributed by atoms with Crippen molar-refractivity contribution in [1.29, 1.82) is 0 Å². The van der Waals surface area contributed by atoms with Crippen LogP contribution in [0.15, 0.2) is 0 Å². The van der Waals surface area contributed by atoms with Gasteiger partial charge in [0, 0.05) is 13.1 Å². The maximum absolute atomic E-state index is 12.5. The Morgan fingerprint density at radius 1 is 1.23 bits per heavy atom. The van der Waals surface area contributed by atoms with Gasteiger partial charge in [0.2, 0.25) is 11.8 Å². The van der Waals surface area contributed by atoms with Crippen LogP contribution in [0.25, 0.3) is 0 Å². The van der Waals surface area contributed by atoms with E-state index in [1.54, 1.807) is 0 Å². The molecule has 0 aliphatic carbocycles. The molecular formula is C15H28N4O3. The highest BCUT2D eigenvalue weighted by Gasteiger charge is 2.42. The lowest BCUT2D eigenvalue weighted by molar-refractivity contribution is -0.137. The average Bonchev–Trinajstić information content (AvgIpc) is 2.46. The topological polar surface area (TPSA) is 105 Å². The summed E-state index contributed by atoms with van der Waals surface area (Å²) in [5, 5.41) is 5.46. The van der Waals surface area contributed by atoms with E-state index in [0.29, 0.717) is 25.9 Å². The summed E-state index contributed by atoms with van der Waals surface area (Å²) in [5.41, 5.74) is 4.90. The molecule has 126 valence electrons. The maximum atomic E-state index is 12.5. The Bertz CT molecular complexity index is 429. The molecule has 1 saturated heterocycles. The molecule has 1 heterocycles. The first-order valence-corrected chi connectivity index (χ1v) is 7.72. The predicted molar refractivity (Wildman–Crippen MR) is 84.1 cm³/mol. The zero-order valence-corrected chi connectivity index (χ0v) is 13.9. The van der Waals surface area contributed by atoms with Crippen molar-refractivity contribution in [2.24, 2.45) is 11.7 Å². The fourth-order valence-corrected chi connectivity index (χ4v) is 2.40. The number of carbonyl (C=O) groups is 3. The molecule has 2 amide bonds. The molecule has 7 heteroatoms. The van der Waals surface area contributed by atoms with Gasteiger partial charge in [-0.05, 0) is 32.7 Å². The van der Waals surface area contributed by atoms with Gasteiger partial charge in [0.05, 0.1) is 12.6 Å². The maximum Gasteiger partial charge on any atom is 0.246 e. The molecule has 0 aromatic heterocycles. The van der Waals surface area contributed by atoms with Crippen LogP contribution in [0.3, 0.4) is 0 Å². The molecule has 22 heavy (non-hydrogen) atoms. The van der Waals surface area contributed by atoms with Gasteiger partial charge in [0.15, 0.2) is 0 Å². The summed E-state index contributed by atoms with van der Waals surface area (Å²) in [6, 6.07) is -0.655. The second-order valence-corrected chi connectivity index (χ2v) is 6.53. The number of hydrogen-bond donors (Lipinski definition) is 3. The number of likely N-dealkylation sites (tertiary alicyclic amines) is 1. The molecular weight excluding hydrogens is 284 g/mol. The number of Topliss-reactive ketones (excluding diaryl/α,β-unsaturated/α-hetero) is 1. The summed E-state index contributed by atoms with van der Waals surface area (Å²) in [6.07, 6.45) is 1.01. The highest BCUT2D eigenvalue weighted by Crippen LogP contribution is 2.22. The standard InChI is InChI=1S/C15H28N4O3/c1-10(2)12(16)13(21)18-15(5-7-19(4)8-6-15)14(22)17-9-11(3)20/h10,12H,5-9,16H2,1-4H3,(H,17,22)(H,18,21)/t12-/m0/s1. The zero-order valence-electron chi connectivity index (χ0n) is 13.9. The van der Waals surface area contributed by atoms with Crippen molar-refractivity contribution in [2.75, 3.05) is 26.7 Å². The van der Waals surface area contributed by atoms with Crippen LogP contribution in [0.1, 0.15) is 33.6 Å². The van der Waals surface area contributed by atoms with Gasteiger partial charge in [-0.1, -0.05) is 13.8 Å². The van der Waals surface area contributed by atoms with Gasteiger partial charge in [0.25, 0.3) is 0 Å². The second-order valence-electron chi connectivity index (χ2n) is 6.53. The number of nitrogens with two attached hydrogens (primary N) is 1. The fraction of sp³-hybridized carbons (Fsp3) is 0.800. The molecule has 0 unspecified atom stereocenters. The lowest BCUT2D eigenvalue weighted by Gasteiger charge is -2.40. The van der Waals surface area contributed by atoms with E-state index in [1.807, 2.05) is 20.9 Å². The van der Waals surface area contributed by atoms with Crippen LogP contribution >= 0.6 is 0 Å². The summed E-state index contributed by atoms with van der Waals surface area (Å²) >= 11 is 0. The van der Waals surface area contributed by atoms with Gasteiger partial charge in [0.1, 0.15) is 11.3 Å². The van der Waals surface area contributed by atoms with Crippen LogP contribution in [-0.4, -0.2) is 60.8 Å². The molecule has 0 bridgehead atoms. The Balaban J connectivity index is 2.85. The average molecular weight is 312 g/mol. The number of nitrogens with one attached hydrogen (secondary N) is 2. The summed E-state index contributed by atoms with van der Waals surface area (Å²) in [5.74, 6) is -0.761. The first kappa shape index (κ1) is 18.6. The van der Waals surface area contributed by atoms with Crippen LogP contribution < -0.4 is 16.4 Å². The predicted octanol–water partition coefficient (Wildman–Crippen LogP) is -0.744.